The van der Waals surface area contributed by atoms with E-state index in [0.717, 1.165) is 19.4 Å². The highest BCUT2D eigenvalue weighted by molar-refractivity contribution is 6.95. The number of hydrogen-bond acceptors (Lipinski definition) is 1. The van der Waals surface area contributed by atoms with E-state index in [4.69, 9.17) is 23.2 Å². The Morgan fingerprint density at radius 2 is 2.00 bits per heavy atom. The number of nitrogens with zero attached hydrogens (tertiary/aromatic N) is 1. The van der Waals surface area contributed by atoms with Crippen molar-refractivity contribution in [3.63, 3.8) is 0 Å². The van der Waals surface area contributed by atoms with E-state index in [9.17, 15) is 0 Å². The molecular weight excluding hydrogens is 180 g/mol. The first-order chi connectivity index (χ1) is 3.77. The highest BCUT2D eigenvalue weighted by atomic mass is 35.5. The summed E-state index contributed by atoms with van der Waals surface area (Å²) >= 11 is 10.5. The van der Waals surface area contributed by atoms with Gasteiger partial charge in [-0.15, -0.1) is 12.4 Å². The smallest absolute Gasteiger partial charge is 0.191 e. The second kappa shape index (κ2) is 8.54. The average molecular weight is 191 g/mol. The molecule has 0 rings (SSSR count). The van der Waals surface area contributed by atoms with Crippen molar-refractivity contribution in [1.29, 1.82) is 0 Å². The fourth-order valence-electron chi connectivity index (χ4n) is 0.322. The lowest BCUT2D eigenvalue weighted by atomic mass is 10.3. The van der Waals surface area contributed by atoms with Crippen LogP contribution < -0.4 is 0 Å². The highest BCUT2D eigenvalue weighted by Crippen LogP contribution is 1.93. The van der Waals surface area contributed by atoms with Gasteiger partial charge in [-0.05, 0) is 29.6 Å². The van der Waals surface area contributed by atoms with Gasteiger partial charge in [0.1, 0.15) is 0 Å². The lowest BCUT2D eigenvalue weighted by Gasteiger charge is -1.86. The molecule has 0 fully saturated rings. The molecule has 0 amide bonds. The van der Waals surface area contributed by atoms with Gasteiger partial charge in [0.05, 0.1) is 0 Å². The topological polar surface area (TPSA) is 12.4 Å². The minimum atomic E-state index is 0. The van der Waals surface area contributed by atoms with Gasteiger partial charge in [0.25, 0.3) is 0 Å². The van der Waals surface area contributed by atoms with Gasteiger partial charge in [-0.1, -0.05) is 13.3 Å². The van der Waals surface area contributed by atoms with Crippen molar-refractivity contribution in [2.24, 2.45) is 4.99 Å². The molecule has 0 aromatic rings. The molecular formula is C5H10Cl3N. The molecule has 0 saturated heterocycles. The van der Waals surface area contributed by atoms with Crippen LogP contribution >= 0.6 is 35.6 Å². The molecule has 0 aliphatic heterocycles. The molecule has 56 valence electrons. The van der Waals surface area contributed by atoms with Crippen LogP contribution in [0.3, 0.4) is 0 Å². The van der Waals surface area contributed by atoms with Crippen molar-refractivity contribution >= 4 is 40.2 Å². The monoisotopic (exact) mass is 189 g/mol. The third-order valence-corrected chi connectivity index (χ3v) is 0.982. The van der Waals surface area contributed by atoms with Crippen molar-refractivity contribution in [2.75, 3.05) is 6.54 Å². The maximum absolute atomic E-state index is 5.23. The van der Waals surface area contributed by atoms with Crippen molar-refractivity contribution in [3.05, 3.63) is 0 Å². The van der Waals surface area contributed by atoms with Crippen molar-refractivity contribution in [2.45, 2.75) is 19.8 Å². The van der Waals surface area contributed by atoms with Gasteiger partial charge in [-0.25, -0.2) is 0 Å². The predicted octanol–water partition coefficient (Wildman–Crippen LogP) is 3.04. The molecule has 4 heteroatoms. The third kappa shape index (κ3) is 11.9. The zero-order valence-corrected chi connectivity index (χ0v) is 7.56. The first-order valence-electron chi connectivity index (χ1n) is 2.62. The maximum Gasteiger partial charge on any atom is 0.191 e. The van der Waals surface area contributed by atoms with Gasteiger partial charge in [0.2, 0.25) is 0 Å². The summed E-state index contributed by atoms with van der Waals surface area (Å²) in [7, 11) is 0. The lowest BCUT2D eigenvalue weighted by Crippen LogP contribution is -1.79. The Bertz CT molecular complexity index is 78.3. The van der Waals surface area contributed by atoms with E-state index in [2.05, 4.69) is 11.9 Å². The van der Waals surface area contributed by atoms with E-state index in [1.807, 2.05) is 0 Å². The molecule has 0 atom stereocenters. The Hall–Kier alpha value is 0.540. The fourth-order valence-corrected chi connectivity index (χ4v) is 0.491. The minimum Gasteiger partial charge on any atom is -0.263 e. The van der Waals surface area contributed by atoms with E-state index in [1.54, 1.807) is 0 Å². The Labute approximate surface area is 71.9 Å². The van der Waals surface area contributed by atoms with Gasteiger partial charge in [0.15, 0.2) is 4.63 Å². The standard InChI is InChI=1S/C5H9Cl2N.ClH/c1-2-3-4-8-5(6)7;/h2-4H2,1H3;1H. The summed E-state index contributed by atoms with van der Waals surface area (Å²) in [6.07, 6.45) is 2.19. The molecule has 0 N–H and O–H groups in total. The lowest BCUT2D eigenvalue weighted by molar-refractivity contribution is 0.810. The van der Waals surface area contributed by atoms with Gasteiger partial charge in [0, 0.05) is 6.54 Å². The van der Waals surface area contributed by atoms with Crippen molar-refractivity contribution in [1.82, 2.24) is 0 Å². The number of unbranched alkanes of at least 4 members (excludes halogenated alkanes) is 1. The van der Waals surface area contributed by atoms with Crippen LogP contribution in [0.25, 0.3) is 0 Å². The quantitative estimate of drug-likeness (QED) is 0.479. The van der Waals surface area contributed by atoms with Crippen LogP contribution in [0, 0.1) is 0 Å². The molecule has 0 saturated carbocycles. The Kier molecular flexibility index (Phi) is 11.6. The first-order valence-corrected chi connectivity index (χ1v) is 3.38. The third-order valence-electron chi connectivity index (χ3n) is 0.743. The molecule has 0 heterocycles. The van der Waals surface area contributed by atoms with Crippen LogP contribution in [0.15, 0.2) is 4.99 Å². The molecule has 1 nitrogen and oxygen atoms in total. The molecule has 0 aliphatic carbocycles. The fraction of sp³-hybridized carbons (Fsp3) is 0.800. The van der Waals surface area contributed by atoms with Crippen LogP contribution in [0.2, 0.25) is 0 Å². The first kappa shape index (κ1) is 12.2. The van der Waals surface area contributed by atoms with Crippen LogP contribution in [0.5, 0.6) is 0 Å². The molecule has 0 aromatic carbocycles. The molecule has 9 heavy (non-hydrogen) atoms. The predicted molar refractivity (Wildman–Crippen MR) is 46.2 cm³/mol. The van der Waals surface area contributed by atoms with E-state index in [1.165, 1.54) is 0 Å². The number of rotatable bonds is 3. The molecule has 0 aromatic heterocycles. The van der Waals surface area contributed by atoms with E-state index in [0.29, 0.717) is 0 Å². The second-order valence-electron chi connectivity index (χ2n) is 1.48. The molecule has 0 aliphatic rings. The van der Waals surface area contributed by atoms with Crippen LogP contribution in [-0.2, 0) is 0 Å². The highest BCUT2D eigenvalue weighted by Gasteiger charge is 1.82. The zero-order chi connectivity index (χ0) is 6.41. The number of aliphatic imine (C=N–C) groups is 1. The average Bonchev–Trinajstić information content (AvgIpc) is 1.66. The van der Waals surface area contributed by atoms with Gasteiger partial charge >= 0.3 is 0 Å². The van der Waals surface area contributed by atoms with Crippen LogP contribution in [0.4, 0.5) is 0 Å². The summed E-state index contributed by atoms with van der Waals surface area (Å²) in [5.41, 5.74) is 0. The Morgan fingerprint density at radius 3 is 2.33 bits per heavy atom. The minimum absolute atomic E-state index is 0. The van der Waals surface area contributed by atoms with Crippen molar-refractivity contribution < 1.29 is 0 Å². The van der Waals surface area contributed by atoms with E-state index >= 15 is 0 Å². The molecule has 0 bridgehead atoms. The molecule has 0 radical (unpaired) electrons. The Morgan fingerprint density at radius 1 is 1.44 bits per heavy atom. The van der Waals surface area contributed by atoms with E-state index in [-0.39, 0.29) is 17.0 Å². The molecule has 0 spiro atoms. The SMILES string of the molecule is CCCCN=C(Cl)Cl.Cl. The largest absolute Gasteiger partial charge is 0.263 e. The summed E-state index contributed by atoms with van der Waals surface area (Å²) in [4.78, 5) is 3.76. The maximum atomic E-state index is 5.23. The van der Waals surface area contributed by atoms with Crippen LogP contribution in [-0.4, -0.2) is 11.2 Å². The van der Waals surface area contributed by atoms with E-state index < -0.39 is 0 Å². The van der Waals surface area contributed by atoms with Crippen molar-refractivity contribution in [3.8, 4) is 0 Å². The Balaban J connectivity index is 0. The zero-order valence-electron chi connectivity index (χ0n) is 5.23. The summed E-state index contributed by atoms with van der Waals surface area (Å²) in [6, 6.07) is 0. The normalized spacial score (nSPS) is 7.89. The number of halogens is 3. The summed E-state index contributed by atoms with van der Waals surface area (Å²) in [5.74, 6) is 0. The van der Waals surface area contributed by atoms with Gasteiger partial charge in [-0.3, -0.25) is 4.99 Å². The van der Waals surface area contributed by atoms with Crippen LogP contribution in [0.1, 0.15) is 19.8 Å². The summed E-state index contributed by atoms with van der Waals surface area (Å²) < 4.78 is 0.137. The summed E-state index contributed by atoms with van der Waals surface area (Å²) in [5, 5.41) is 0. The summed E-state index contributed by atoms with van der Waals surface area (Å²) in [6.45, 7) is 2.84. The second-order valence-corrected chi connectivity index (χ2v) is 2.39. The number of hydrogen-bond donors (Lipinski definition) is 0. The molecule has 0 unspecified atom stereocenters. The van der Waals surface area contributed by atoms with Gasteiger partial charge in [-0.2, -0.15) is 0 Å². The van der Waals surface area contributed by atoms with Gasteiger partial charge < -0.3 is 0 Å².